The van der Waals surface area contributed by atoms with Crippen molar-refractivity contribution in [1.82, 2.24) is 4.72 Å². The molecule has 2 N–H and O–H groups in total. The summed E-state index contributed by atoms with van der Waals surface area (Å²) in [4.78, 5) is 14.9. The number of carbonyl (C=O) groups excluding carboxylic acids is 1. The summed E-state index contributed by atoms with van der Waals surface area (Å²) in [5, 5.41) is 2.87. The predicted octanol–water partition coefficient (Wildman–Crippen LogP) is 5.51. The first-order chi connectivity index (χ1) is 17.9. The van der Waals surface area contributed by atoms with Crippen LogP contribution < -0.4 is 14.8 Å². The van der Waals surface area contributed by atoms with Crippen molar-refractivity contribution in [3.8, 4) is 5.75 Å². The zero-order valence-electron chi connectivity index (χ0n) is 19.9. The Labute approximate surface area is 219 Å². The van der Waals surface area contributed by atoms with Gasteiger partial charge in [0.2, 0.25) is 15.9 Å². The van der Waals surface area contributed by atoms with Crippen molar-refractivity contribution in [2.75, 3.05) is 12.4 Å². The smallest absolute Gasteiger partial charge is 0.245 e. The van der Waals surface area contributed by atoms with Gasteiger partial charge >= 0.3 is 0 Å². The molecule has 4 aromatic carbocycles. The van der Waals surface area contributed by atoms with Crippen molar-refractivity contribution in [3.63, 3.8) is 0 Å². The van der Waals surface area contributed by atoms with Gasteiger partial charge in [-0.3, -0.25) is 4.79 Å². The second-order valence-corrected chi connectivity index (χ2v) is 10.9. The number of anilines is 1. The molecular weight excluding hydrogens is 511 g/mol. The minimum Gasteiger partial charge on any atom is -0.495 e. The van der Waals surface area contributed by atoms with Crippen molar-refractivity contribution in [2.45, 2.75) is 27.1 Å². The number of para-hydroxylation sites is 1. The summed E-state index contributed by atoms with van der Waals surface area (Å²) in [5.41, 5.74) is 1.30. The Kier molecular flexibility index (Phi) is 8.60. The fourth-order valence-electron chi connectivity index (χ4n) is 3.64. The quantitative estimate of drug-likeness (QED) is 0.279. The summed E-state index contributed by atoms with van der Waals surface area (Å²) in [6.07, 6.45) is 0.0809. The van der Waals surface area contributed by atoms with E-state index in [9.17, 15) is 17.6 Å². The summed E-state index contributed by atoms with van der Waals surface area (Å²) >= 11 is 1.48. The monoisotopic (exact) mass is 536 g/mol. The van der Waals surface area contributed by atoms with Gasteiger partial charge in [-0.05, 0) is 54.4 Å². The van der Waals surface area contributed by atoms with Gasteiger partial charge < -0.3 is 10.1 Å². The summed E-state index contributed by atoms with van der Waals surface area (Å²) in [6.45, 7) is 0. The van der Waals surface area contributed by atoms with Crippen LogP contribution in [0.15, 0.2) is 118 Å². The molecule has 190 valence electrons. The molecule has 1 atom stereocenters. The van der Waals surface area contributed by atoms with Crippen LogP contribution in [-0.4, -0.2) is 27.5 Å². The van der Waals surface area contributed by atoms with E-state index in [1.165, 1.54) is 24.9 Å². The minimum atomic E-state index is -4.32. The lowest BCUT2D eigenvalue weighted by molar-refractivity contribution is -0.117. The van der Waals surface area contributed by atoms with E-state index < -0.39 is 27.8 Å². The van der Waals surface area contributed by atoms with E-state index in [1.807, 2.05) is 48.5 Å². The van der Waals surface area contributed by atoms with Gasteiger partial charge in [0.1, 0.15) is 22.5 Å². The molecule has 0 fully saturated rings. The molecule has 1 amide bonds. The molecular formula is C28H25FN2O4S2. The number of carbonyl (C=O) groups is 1. The Hall–Kier alpha value is -3.66. The number of benzene rings is 4. The molecule has 0 aliphatic rings. The number of nitrogens with one attached hydrogen (secondary N) is 2. The normalized spacial score (nSPS) is 12.1. The van der Waals surface area contributed by atoms with E-state index in [0.29, 0.717) is 5.69 Å². The summed E-state index contributed by atoms with van der Waals surface area (Å²) in [5.74, 6) is -1.32. The fraction of sp³-hybridized carbons (Fsp3) is 0.107. The van der Waals surface area contributed by atoms with Gasteiger partial charge in [0.25, 0.3) is 0 Å². The number of sulfonamides is 1. The molecule has 0 aliphatic heterocycles. The molecule has 1 unspecified atom stereocenters. The molecule has 6 nitrogen and oxygen atoms in total. The van der Waals surface area contributed by atoms with Gasteiger partial charge in [-0.2, -0.15) is 4.72 Å². The van der Waals surface area contributed by atoms with Crippen LogP contribution in [0.3, 0.4) is 0 Å². The molecule has 0 bridgehead atoms. The number of hydrogen-bond acceptors (Lipinski definition) is 5. The minimum absolute atomic E-state index is 0.0302. The number of ether oxygens (including phenoxy) is 1. The van der Waals surface area contributed by atoms with Gasteiger partial charge in [-0.25, -0.2) is 12.8 Å². The third-order valence-electron chi connectivity index (χ3n) is 5.43. The Bertz CT molecular complexity index is 1470. The van der Waals surface area contributed by atoms with Crippen molar-refractivity contribution in [1.29, 1.82) is 0 Å². The maximum Gasteiger partial charge on any atom is 0.245 e. The molecule has 0 aromatic heterocycles. The van der Waals surface area contributed by atoms with Crippen LogP contribution in [0.4, 0.5) is 10.1 Å². The zero-order valence-corrected chi connectivity index (χ0v) is 21.6. The van der Waals surface area contributed by atoms with E-state index in [-0.39, 0.29) is 17.1 Å². The van der Waals surface area contributed by atoms with Crippen LogP contribution in [0.2, 0.25) is 0 Å². The second-order valence-electron chi connectivity index (χ2n) is 8.06. The summed E-state index contributed by atoms with van der Waals surface area (Å²) in [6, 6.07) is 28.0. The maximum absolute atomic E-state index is 13.9. The molecule has 0 heterocycles. The average Bonchev–Trinajstić information content (AvgIpc) is 2.90. The van der Waals surface area contributed by atoms with E-state index >= 15 is 0 Å². The van der Waals surface area contributed by atoms with Gasteiger partial charge in [-0.1, -0.05) is 72.4 Å². The van der Waals surface area contributed by atoms with Crippen LogP contribution in [-0.2, 0) is 21.2 Å². The van der Waals surface area contributed by atoms with Crippen LogP contribution in [0.25, 0.3) is 0 Å². The van der Waals surface area contributed by atoms with Gasteiger partial charge in [-0.15, -0.1) is 0 Å². The number of amides is 1. The maximum atomic E-state index is 13.9. The highest BCUT2D eigenvalue weighted by Crippen LogP contribution is 2.33. The average molecular weight is 537 g/mol. The molecule has 37 heavy (non-hydrogen) atoms. The lowest BCUT2D eigenvalue weighted by Gasteiger charge is -2.20. The van der Waals surface area contributed by atoms with E-state index in [2.05, 4.69) is 10.0 Å². The zero-order chi connectivity index (χ0) is 26.3. The first kappa shape index (κ1) is 26.4. The summed E-state index contributed by atoms with van der Waals surface area (Å²) < 4.78 is 48.1. The Morgan fingerprint density at radius 2 is 1.57 bits per heavy atom. The molecule has 4 rings (SSSR count). The lowest BCUT2D eigenvalue weighted by Crippen LogP contribution is -2.45. The third-order valence-corrected chi connectivity index (χ3v) is 8.00. The topological polar surface area (TPSA) is 84.5 Å². The Morgan fingerprint density at radius 1 is 0.919 bits per heavy atom. The Balaban J connectivity index is 1.63. The number of rotatable bonds is 10. The third kappa shape index (κ3) is 6.97. The molecule has 9 heteroatoms. The van der Waals surface area contributed by atoms with Crippen LogP contribution in [0.5, 0.6) is 5.75 Å². The predicted molar refractivity (Wildman–Crippen MR) is 143 cm³/mol. The molecule has 0 saturated carbocycles. The summed E-state index contributed by atoms with van der Waals surface area (Å²) in [7, 11) is -3.03. The molecule has 4 aromatic rings. The van der Waals surface area contributed by atoms with Gasteiger partial charge in [0.15, 0.2) is 0 Å². The van der Waals surface area contributed by atoms with Gasteiger partial charge in [0.05, 0.1) is 12.8 Å². The largest absolute Gasteiger partial charge is 0.495 e. The molecule has 0 radical (unpaired) electrons. The van der Waals surface area contributed by atoms with Crippen molar-refractivity contribution in [3.05, 3.63) is 115 Å². The van der Waals surface area contributed by atoms with Gasteiger partial charge in [0, 0.05) is 9.79 Å². The Morgan fingerprint density at radius 3 is 2.27 bits per heavy atom. The highest BCUT2D eigenvalue weighted by Gasteiger charge is 2.29. The number of hydrogen-bond donors (Lipinski definition) is 2. The van der Waals surface area contributed by atoms with Crippen molar-refractivity contribution >= 4 is 33.4 Å². The van der Waals surface area contributed by atoms with E-state index in [1.54, 1.807) is 36.4 Å². The fourth-order valence-corrected chi connectivity index (χ4v) is 5.94. The van der Waals surface area contributed by atoms with E-state index in [0.717, 1.165) is 27.5 Å². The standard InChI is InChI=1S/C28H25FN2O4S2/c1-35-25-17-16-21(29)19-27(25)37(33,34)31-24(18-20-10-4-2-5-11-20)28(32)30-23-14-8-9-15-26(23)36-22-12-6-3-7-13-22/h2-17,19,24,31H,18H2,1H3,(H,30,32). The number of methoxy groups -OCH3 is 1. The highest BCUT2D eigenvalue weighted by atomic mass is 32.2. The highest BCUT2D eigenvalue weighted by molar-refractivity contribution is 7.99. The van der Waals surface area contributed by atoms with Crippen LogP contribution in [0, 0.1) is 5.82 Å². The first-order valence-corrected chi connectivity index (χ1v) is 13.7. The van der Waals surface area contributed by atoms with Crippen molar-refractivity contribution in [2.24, 2.45) is 0 Å². The SMILES string of the molecule is COc1ccc(F)cc1S(=O)(=O)NC(Cc1ccccc1)C(=O)Nc1ccccc1Sc1ccccc1. The van der Waals surface area contributed by atoms with Crippen molar-refractivity contribution < 1.29 is 22.3 Å². The van der Waals surface area contributed by atoms with Crippen LogP contribution >= 0.6 is 11.8 Å². The van der Waals surface area contributed by atoms with E-state index in [4.69, 9.17) is 4.74 Å². The molecule has 0 saturated heterocycles. The number of halogens is 1. The van der Waals surface area contributed by atoms with Crippen LogP contribution in [0.1, 0.15) is 5.56 Å². The molecule has 0 spiro atoms. The lowest BCUT2D eigenvalue weighted by atomic mass is 10.1. The first-order valence-electron chi connectivity index (χ1n) is 11.4. The second kappa shape index (κ2) is 12.1. The molecule has 0 aliphatic carbocycles.